The van der Waals surface area contributed by atoms with Crippen LogP contribution < -0.4 is 15.2 Å². The van der Waals surface area contributed by atoms with E-state index in [-0.39, 0.29) is 43.1 Å². The Balaban J connectivity index is 1.36. The van der Waals surface area contributed by atoms with E-state index < -0.39 is 29.7 Å². The molecule has 38 heavy (non-hydrogen) atoms. The van der Waals surface area contributed by atoms with Crippen molar-refractivity contribution < 1.29 is 33.4 Å². The fourth-order valence-corrected chi connectivity index (χ4v) is 5.09. The van der Waals surface area contributed by atoms with Gasteiger partial charge in [-0.1, -0.05) is 11.2 Å². The van der Waals surface area contributed by atoms with Gasteiger partial charge in [0.05, 0.1) is 38.0 Å². The van der Waals surface area contributed by atoms with Gasteiger partial charge in [0.15, 0.2) is 17.4 Å². The van der Waals surface area contributed by atoms with Crippen LogP contribution in [0, 0.1) is 11.8 Å². The highest BCUT2D eigenvalue weighted by molar-refractivity contribution is 6.19. The maximum atomic E-state index is 15.3. The zero-order valence-corrected chi connectivity index (χ0v) is 21.2. The SMILES string of the molecule is COc1cccc(OC)c1CO/N=C1/CN(C2=NC3C(C=C2F)C(=O)C(C(=O)O)=CN3C2CC2)CC1CN. The Morgan fingerprint density at radius 3 is 2.58 bits per heavy atom. The van der Waals surface area contributed by atoms with E-state index in [0.717, 1.165) is 12.8 Å². The smallest absolute Gasteiger partial charge is 0.340 e. The van der Waals surface area contributed by atoms with Crippen LogP contribution in [0.3, 0.4) is 0 Å². The summed E-state index contributed by atoms with van der Waals surface area (Å²) in [5.74, 6) is -2.49. The number of carboxylic acid groups (broad SMARTS) is 1. The molecule has 0 aromatic heterocycles. The van der Waals surface area contributed by atoms with Crippen LogP contribution in [0.1, 0.15) is 18.4 Å². The first kappa shape index (κ1) is 25.7. The van der Waals surface area contributed by atoms with Gasteiger partial charge in [0.25, 0.3) is 0 Å². The third-order valence-corrected chi connectivity index (χ3v) is 7.24. The molecule has 1 aromatic carbocycles. The molecular formula is C26H30FN5O6. The van der Waals surface area contributed by atoms with Gasteiger partial charge < -0.3 is 35.0 Å². The number of fused-ring (bicyclic) bond motifs is 1. The van der Waals surface area contributed by atoms with Crippen molar-refractivity contribution in [2.75, 3.05) is 33.9 Å². The number of hydrogen-bond acceptors (Lipinski definition) is 10. The van der Waals surface area contributed by atoms with Gasteiger partial charge >= 0.3 is 5.97 Å². The van der Waals surface area contributed by atoms with Gasteiger partial charge in [0, 0.05) is 31.2 Å². The van der Waals surface area contributed by atoms with Crippen LogP contribution in [0.5, 0.6) is 11.5 Å². The maximum absolute atomic E-state index is 15.3. The summed E-state index contributed by atoms with van der Waals surface area (Å²) in [5.41, 5.74) is 7.00. The number of benzene rings is 1. The fraction of sp³-hybridized carbons (Fsp3) is 0.462. The molecule has 11 nitrogen and oxygen atoms in total. The standard InChI is InChI=1S/C26H30FN5O6/c1-36-21-4-3-5-22(37-2)18(21)13-38-30-20-12-31(10-14(20)9-28)25-19(27)8-16-23(33)17(26(34)35)11-32(15-6-7-15)24(16)29-25/h3-5,8,11,14-16,24H,6-7,9-10,12-13,28H2,1-2H3,(H,34,35)/b30-20-. The molecule has 202 valence electrons. The summed E-state index contributed by atoms with van der Waals surface area (Å²) in [7, 11) is 3.12. The van der Waals surface area contributed by atoms with Gasteiger partial charge in [-0.2, -0.15) is 0 Å². The van der Waals surface area contributed by atoms with Gasteiger partial charge in [-0.3, -0.25) is 4.79 Å². The van der Waals surface area contributed by atoms with Crippen molar-refractivity contribution in [3.63, 3.8) is 0 Å². The van der Waals surface area contributed by atoms with Gasteiger partial charge in [0.2, 0.25) is 0 Å². The number of oxime groups is 1. The van der Waals surface area contributed by atoms with E-state index in [2.05, 4.69) is 10.1 Å². The van der Waals surface area contributed by atoms with Crippen molar-refractivity contribution in [2.45, 2.75) is 31.7 Å². The van der Waals surface area contributed by atoms with Crippen LogP contribution in [0.4, 0.5) is 4.39 Å². The van der Waals surface area contributed by atoms with Crippen LogP contribution in [-0.4, -0.2) is 84.3 Å². The number of ether oxygens (including phenoxy) is 2. The lowest BCUT2D eigenvalue weighted by Gasteiger charge is -2.39. The Labute approximate surface area is 219 Å². The van der Waals surface area contributed by atoms with Crippen molar-refractivity contribution in [1.29, 1.82) is 0 Å². The summed E-state index contributed by atoms with van der Waals surface area (Å²) in [6, 6.07) is 5.49. The molecule has 3 atom stereocenters. The number of hydrogen-bond donors (Lipinski definition) is 2. The number of aliphatic carboxylic acids is 1. The van der Waals surface area contributed by atoms with Gasteiger partial charge in [-0.15, -0.1) is 0 Å². The molecule has 12 heteroatoms. The lowest BCUT2D eigenvalue weighted by atomic mass is 9.88. The largest absolute Gasteiger partial charge is 0.496 e. The second-order valence-corrected chi connectivity index (χ2v) is 9.61. The monoisotopic (exact) mass is 527 g/mol. The van der Waals surface area contributed by atoms with Crippen LogP contribution in [0.2, 0.25) is 0 Å². The van der Waals surface area contributed by atoms with Crippen LogP contribution in [-0.2, 0) is 21.0 Å². The average molecular weight is 528 g/mol. The Bertz CT molecular complexity index is 1230. The number of nitrogens with two attached hydrogens (primary N) is 1. The summed E-state index contributed by atoms with van der Waals surface area (Å²) in [6.45, 7) is 1.00. The Morgan fingerprint density at radius 2 is 1.97 bits per heavy atom. The summed E-state index contributed by atoms with van der Waals surface area (Å²) in [6.07, 6.45) is 3.59. The first-order chi connectivity index (χ1) is 18.4. The highest BCUT2D eigenvalue weighted by atomic mass is 19.1. The Morgan fingerprint density at radius 1 is 1.26 bits per heavy atom. The van der Waals surface area contributed by atoms with Crippen LogP contribution in [0.15, 0.2) is 52.0 Å². The van der Waals surface area contributed by atoms with E-state index in [0.29, 0.717) is 29.3 Å². The molecule has 1 aromatic rings. The number of aliphatic imine (C=N–C) groups is 1. The van der Waals surface area contributed by atoms with E-state index in [1.165, 1.54) is 12.3 Å². The number of halogens is 1. The molecule has 0 radical (unpaired) electrons. The topological polar surface area (TPSA) is 139 Å². The molecule has 3 heterocycles. The number of ketones is 1. The zero-order chi connectivity index (χ0) is 27.0. The van der Waals surface area contributed by atoms with Crippen LogP contribution >= 0.6 is 0 Å². The molecule has 1 saturated carbocycles. The minimum absolute atomic E-state index is 0.0809. The summed E-state index contributed by atoms with van der Waals surface area (Å²) in [5, 5.41) is 13.8. The molecule has 2 fully saturated rings. The first-order valence-electron chi connectivity index (χ1n) is 12.4. The number of methoxy groups -OCH3 is 2. The number of likely N-dealkylation sites (tertiary alicyclic amines) is 1. The van der Waals surface area contributed by atoms with Crippen LogP contribution in [0.25, 0.3) is 0 Å². The summed E-state index contributed by atoms with van der Waals surface area (Å²) in [4.78, 5) is 38.2. The van der Waals surface area contributed by atoms with Crippen molar-refractivity contribution >= 4 is 23.3 Å². The van der Waals surface area contributed by atoms with Gasteiger partial charge in [-0.05, 0) is 31.1 Å². The van der Waals surface area contributed by atoms with Crippen molar-refractivity contribution in [3.8, 4) is 11.5 Å². The van der Waals surface area contributed by atoms with Crippen molar-refractivity contribution in [1.82, 2.24) is 9.80 Å². The molecule has 1 aliphatic carbocycles. The molecule has 3 N–H and O–H groups in total. The number of carbonyl (C=O) groups is 2. The van der Waals surface area contributed by atoms with E-state index in [4.69, 9.17) is 20.0 Å². The van der Waals surface area contributed by atoms with Gasteiger partial charge in [-0.25, -0.2) is 14.2 Å². The normalized spacial score (nSPS) is 26.0. The second kappa shape index (κ2) is 10.4. The minimum atomic E-state index is -1.32. The Hall–Kier alpha value is -3.93. The molecule has 0 spiro atoms. The highest BCUT2D eigenvalue weighted by Crippen LogP contribution is 2.39. The number of Topliss-reactive ketones (excluding diaryl/α,β-unsaturated/α-hetero) is 1. The summed E-state index contributed by atoms with van der Waals surface area (Å²) >= 11 is 0. The van der Waals surface area contributed by atoms with E-state index >= 15 is 4.39 Å². The first-order valence-corrected chi connectivity index (χ1v) is 12.4. The maximum Gasteiger partial charge on any atom is 0.340 e. The number of amidine groups is 1. The van der Waals surface area contributed by atoms with E-state index in [1.807, 2.05) is 6.07 Å². The quantitative estimate of drug-likeness (QED) is 0.382. The van der Waals surface area contributed by atoms with Crippen molar-refractivity contribution in [2.24, 2.45) is 27.7 Å². The number of rotatable bonds is 8. The molecule has 0 amide bonds. The second-order valence-electron chi connectivity index (χ2n) is 9.61. The lowest BCUT2D eigenvalue weighted by Crippen LogP contribution is -2.49. The number of dihydropyridines is 1. The predicted molar refractivity (Wildman–Crippen MR) is 135 cm³/mol. The predicted octanol–water partition coefficient (Wildman–Crippen LogP) is 1.69. The number of carbonyl (C=O) groups excluding carboxylic acids is 1. The Kier molecular flexibility index (Phi) is 7.06. The third kappa shape index (κ3) is 4.71. The van der Waals surface area contributed by atoms with Crippen molar-refractivity contribution in [3.05, 3.63) is 47.4 Å². The molecule has 3 aliphatic heterocycles. The van der Waals surface area contributed by atoms with Gasteiger partial charge in [0.1, 0.15) is 29.8 Å². The third-order valence-electron chi connectivity index (χ3n) is 7.24. The van der Waals surface area contributed by atoms with E-state index in [1.54, 1.807) is 36.2 Å². The number of carboxylic acids is 1. The average Bonchev–Trinajstić information content (AvgIpc) is 3.68. The molecule has 0 bridgehead atoms. The number of nitrogens with zero attached hydrogens (tertiary/aromatic N) is 4. The van der Waals surface area contributed by atoms with E-state index in [9.17, 15) is 14.7 Å². The molecule has 4 aliphatic rings. The molecule has 1 saturated heterocycles. The molecule has 3 unspecified atom stereocenters. The fourth-order valence-electron chi connectivity index (χ4n) is 5.09. The molecule has 5 rings (SSSR count). The minimum Gasteiger partial charge on any atom is -0.496 e. The molecular weight excluding hydrogens is 497 g/mol. The summed E-state index contributed by atoms with van der Waals surface area (Å²) < 4.78 is 26.1. The highest BCUT2D eigenvalue weighted by Gasteiger charge is 2.47. The zero-order valence-electron chi connectivity index (χ0n) is 21.2. The lowest BCUT2D eigenvalue weighted by molar-refractivity contribution is -0.136.